The standard InChI is InChI=1S/C19H17ClN4O2/c20-15-7-5-12(6-8-15)19-22-17(26-23-19)11-24-10-14-4-2-1-3-13(14)9-16(24)18(21)25/h1-8,16H,9-11H2,(H2,21,25)/t16-/m1/s1. The first-order chi connectivity index (χ1) is 12.6. The molecule has 0 aliphatic carbocycles. The Morgan fingerprint density at radius 1 is 1.19 bits per heavy atom. The molecule has 2 N–H and O–H groups in total. The number of hydrogen-bond donors (Lipinski definition) is 1. The molecule has 0 saturated carbocycles. The van der Waals surface area contributed by atoms with E-state index < -0.39 is 6.04 Å². The van der Waals surface area contributed by atoms with E-state index in [0.29, 0.717) is 36.2 Å². The maximum atomic E-state index is 11.9. The summed E-state index contributed by atoms with van der Waals surface area (Å²) in [6.45, 7) is 0.977. The van der Waals surface area contributed by atoms with Crippen LogP contribution in [0.3, 0.4) is 0 Å². The van der Waals surface area contributed by atoms with Crippen LogP contribution in [0.5, 0.6) is 0 Å². The van der Waals surface area contributed by atoms with Crippen molar-refractivity contribution < 1.29 is 9.32 Å². The number of amides is 1. The van der Waals surface area contributed by atoms with Crippen LogP contribution in [0.2, 0.25) is 5.02 Å². The lowest BCUT2D eigenvalue weighted by Gasteiger charge is -2.33. The number of primary amides is 1. The second-order valence-corrected chi connectivity index (χ2v) is 6.75. The summed E-state index contributed by atoms with van der Waals surface area (Å²) in [4.78, 5) is 18.3. The minimum absolute atomic E-state index is 0.350. The Kier molecular flexibility index (Phi) is 4.44. The second kappa shape index (κ2) is 6.90. The SMILES string of the molecule is NC(=O)[C@H]1Cc2ccccc2CN1Cc1nc(-c2ccc(Cl)cc2)no1. The molecule has 1 aliphatic rings. The Labute approximate surface area is 155 Å². The van der Waals surface area contributed by atoms with Gasteiger partial charge in [0, 0.05) is 17.1 Å². The highest BCUT2D eigenvalue weighted by molar-refractivity contribution is 6.30. The Morgan fingerprint density at radius 3 is 2.65 bits per heavy atom. The van der Waals surface area contributed by atoms with Crippen molar-refractivity contribution in [3.8, 4) is 11.4 Å². The molecular formula is C19H17ClN4O2. The minimum atomic E-state index is -0.393. The molecule has 1 aromatic heterocycles. The summed E-state index contributed by atoms with van der Waals surface area (Å²) in [6.07, 6.45) is 0.587. The topological polar surface area (TPSA) is 85.3 Å². The summed E-state index contributed by atoms with van der Waals surface area (Å²) in [7, 11) is 0. The number of benzene rings is 2. The van der Waals surface area contributed by atoms with E-state index in [1.165, 1.54) is 5.56 Å². The summed E-state index contributed by atoms with van der Waals surface area (Å²) >= 11 is 5.91. The summed E-state index contributed by atoms with van der Waals surface area (Å²) < 4.78 is 5.38. The third kappa shape index (κ3) is 3.34. The average molecular weight is 369 g/mol. The normalized spacial score (nSPS) is 17.0. The van der Waals surface area contributed by atoms with Gasteiger partial charge in [0.25, 0.3) is 0 Å². The van der Waals surface area contributed by atoms with Gasteiger partial charge < -0.3 is 10.3 Å². The van der Waals surface area contributed by atoms with Gasteiger partial charge in [-0.2, -0.15) is 4.98 Å². The Morgan fingerprint density at radius 2 is 1.92 bits per heavy atom. The number of halogens is 1. The monoisotopic (exact) mass is 368 g/mol. The van der Waals surface area contributed by atoms with Gasteiger partial charge in [-0.15, -0.1) is 0 Å². The first-order valence-electron chi connectivity index (χ1n) is 8.29. The number of rotatable bonds is 4. The van der Waals surface area contributed by atoms with Gasteiger partial charge in [0.05, 0.1) is 12.6 Å². The molecule has 1 aliphatic heterocycles. The predicted molar refractivity (Wildman–Crippen MR) is 97.1 cm³/mol. The van der Waals surface area contributed by atoms with Crippen LogP contribution < -0.4 is 5.73 Å². The van der Waals surface area contributed by atoms with Crippen molar-refractivity contribution in [2.45, 2.75) is 25.6 Å². The van der Waals surface area contributed by atoms with Crippen LogP contribution in [0.1, 0.15) is 17.0 Å². The molecule has 0 saturated heterocycles. The number of fused-ring (bicyclic) bond motifs is 1. The van der Waals surface area contributed by atoms with Crippen LogP contribution in [0.4, 0.5) is 0 Å². The van der Waals surface area contributed by atoms with Crippen molar-refractivity contribution in [1.82, 2.24) is 15.0 Å². The van der Waals surface area contributed by atoms with E-state index >= 15 is 0 Å². The fourth-order valence-corrected chi connectivity index (χ4v) is 3.36. The molecule has 2 aromatic carbocycles. The van der Waals surface area contributed by atoms with E-state index in [1.54, 1.807) is 12.1 Å². The molecule has 0 spiro atoms. The Hall–Kier alpha value is -2.70. The number of hydrogen-bond acceptors (Lipinski definition) is 5. The second-order valence-electron chi connectivity index (χ2n) is 6.31. The molecule has 4 rings (SSSR count). The van der Waals surface area contributed by atoms with Gasteiger partial charge in [0.1, 0.15) is 0 Å². The third-order valence-electron chi connectivity index (χ3n) is 4.58. The average Bonchev–Trinajstić information content (AvgIpc) is 3.10. The lowest BCUT2D eigenvalue weighted by atomic mass is 9.93. The summed E-state index contributed by atoms with van der Waals surface area (Å²) in [5.74, 6) is 0.585. The zero-order valence-electron chi connectivity index (χ0n) is 13.9. The van der Waals surface area contributed by atoms with E-state index in [0.717, 1.165) is 11.1 Å². The fraction of sp³-hybridized carbons (Fsp3) is 0.211. The van der Waals surface area contributed by atoms with Gasteiger partial charge in [0.2, 0.25) is 17.6 Å². The lowest BCUT2D eigenvalue weighted by molar-refractivity contribution is -0.124. The molecule has 6 nitrogen and oxygen atoms in total. The van der Waals surface area contributed by atoms with Crippen LogP contribution in [0.25, 0.3) is 11.4 Å². The van der Waals surface area contributed by atoms with Crippen molar-refractivity contribution in [2.75, 3.05) is 0 Å². The van der Waals surface area contributed by atoms with Gasteiger partial charge in [0.15, 0.2) is 0 Å². The van der Waals surface area contributed by atoms with E-state index in [-0.39, 0.29) is 5.91 Å². The first kappa shape index (κ1) is 16.8. The number of nitrogens with zero attached hydrogens (tertiary/aromatic N) is 3. The van der Waals surface area contributed by atoms with Gasteiger partial charge >= 0.3 is 0 Å². The van der Waals surface area contributed by atoms with Gasteiger partial charge in [-0.25, -0.2) is 0 Å². The van der Waals surface area contributed by atoms with Crippen molar-refractivity contribution in [2.24, 2.45) is 5.73 Å². The molecule has 0 radical (unpaired) electrons. The Balaban J connectivity index is 1.56. The first-order valence-corrected chi connectivity index (χ1v) is 8.66. The van der Waals surface area contributed by atoms with Crippen molar-refractivity contribution in [3.05, 3.63) is 70.6 Å². The largest absolute Gasteiger partial charge is 0.368 e. The van der Waals surface area contributed by atoms with Crippen LogP contribution in [0, 0.1) is 0 Å². The zero-order valence-corrected chi connectivity index (χ0v) is 14.7. The fourth-order valence-electron chi connectivity index (χ4n) is 3.23. The van der Waals surface area contributed by atoms with Crippen molar-refractivity contribution >= 4 is 17.5 Å². The van der Waals surface area contributed by atoms with Gasteiger partial charge in [-0.1, -0.05) is 41.0 Å². The van der Waals surface area contributed by atoms with E-state index in [9.17, 15) is 4.79 Å². The third-order valence-corrected chi connectivity index (χ3v) is 4.84. The lowest BCUT2D eigenvalue weighted by Crippen LogP contribution is -2.48. The van der Waals surface area contributed by atoms with Crippen LogP contribution in [0.15, 0.2) is 53.1 Å². The summed E-state index contributed by atoms with van der Waals surface area (Å²) in [5.41, 5.74) is 8.77. The van der Waals surface area contributed by atoms with Crippen molar-refractivity contribution in [1.29, 1.82) is 0 Å². The smallest absolute Gasteiger partial charge is 0.241 e. The molecule has 0 bridgehead atoms. The molecule has 26 heavy (non-hydrogen) atoms. The maximum absolute atomic E-state index is 11.9. The van der Waals surface area contributed by atoms with E-state index in [1.807, 2.05) is 35.2 Å². The number of aromatic nitrogens is 2. The summed E-state index contributed by atoms with van der Waals surface area (Å²) in [6, 6.07) is 14.9. The molecule has 1 atom stereocenters. The molecule has 0 unspecified atom stereocenters. The molecule has 1 amide bonds. The predicted octanol–water partition coefficient (Wildman–Crippen LogP) is 2.80. The number of nitrogens with two attached hydrogens (primary N) is 1. The zero-order chi connectivity index (χ0) is 18.1. The minimum Gasteiger partial charge on any atom is -0.368 e. The molecule has 7 heteroatoms. The number of carbonyl (C=O) groups excluding carboxylic acids is 1. The highest BCUT2D eigenvalue weighted by Gasteiger charge is 2.31. The van der Waals surface area contributed by atoms with E-state index in [2.05, 4.69) is 16.2 Å². The van der Waals surface area contributed by atoms with Crippen LogP contribution in [-0.4, -0.2) is 27.0 Å². The molecule has 132 valence electrons. The van der Waals surface area contributed by atoms with Gasteiger partial charge in [-0.3, -0.25) is 9.69 Å². The molecular weight excluding hydrogens is 352 g/mol. The highest BCUT2D eigenvalue weighted by Crippen LogP contribution is 2.25. The molecule has 2 heterocycles. The molecule has 0 fully saturated rings. The Bertz CT molecular complexity index is 939. The van der Waals surface area contributed by atoms with Crippen LogP contribution in [-0.2, 0) is 24.3 Å². The highest BCUT2D eigenvalue weighted by atomic mass is 35.5. The summed E-state index contributed by atoms with van der Waals surface area (Å²) in [5, 5.41) is 4.67. The van der Waals surface area contributed by atoms with Crippen molar-refractivity contribution in [3.63, 3.8) is 0 Å². The number of carbonyl (C=O) groups is 1. The molecule has 3 aromatic rings. The van der Waals surface area contributed by atoms with Gasteiger partial charge in [-0.05, 0) is 41.8 Å². The van der Waals surface area contributed by atoms with Crippen LogP contribution >= 0.6 is 11.6 Å². The van der Waals surface area contributed by atoms with E-state index in [4.69, 9.17) is 21.9 Å². The quantitative estimate of drug-likeness (QED) is 0.765. The maximum Gasteiger partial charge on any atom is 0.241 e.